The molecule has 2 rings (SSSR count). The summed E-state index contributed by atoms with van der Waals surface area (Å²) in [4.78, 5) is 12.7. The van der Waals surface area contributed by atoms with E-state index in [4.69, 9.17) is 0 Å². The second-order valence-electron chi connectivity index (χ2n) is 5.67. The Bertz CT molecular complexity index is 787. The van der Waals surface area contributed by atoms with Gasteiger partial charge in [-0.3, -0.25) is 9.10 Å². The van der Waals surface area contributed by atoms with Gasteiger partial charge in [-0.05, 0) is 37.6 Å². The highest BCUT2D eigenvalue weighted by molar-refractivity contribution is 7.92. The van der Waals surface area contributed by atoms with Gasteiger partial charge in [0.25, 0.3) is 0 Å². The van der Waals surface area contributed by atoms with Crippen LogP contribution in [0.15, 0.2) is 54.6 Å². The van der Waals surface area contributed by atoms with Crippen LogP contribution < -0.4 is 9.62 Å². The van der Waals surface area contributed by atoms with Crippen LogP contribution >= 0.6 is 0 Å². The minimum atomic E-state index is -3.61. The number of rotatable bonds is 6. The van der Waals surface area contributed by atoms with Gasteiger partial charge in [0.1, 0.15) is 6.04 Å². The zero-order valence-corrected chi connectivity index (χ0v) is 14.9. The molecule has 0 aromatic heterocycles. The van der Waals surface area contributed by atoms with Crippen molar-refractivity contribution in [3.63, 3.8) is 0 Å². The number of para-hydroxylation sites is 1. The van der Waals surface area contributed by atoms with Crippen LogP contribution in [0.2, 0.25) is 0 Å². The number of hydrogen-bond acceptors (Lipinski definition) is 3. The fraction of sp³-hybridized carbons (Fsp3) is 0.278. The van der Waals surface area contributed by atoms with Gasteiger partial charge in [0.2, 0.25) is 15.9 Å². The van der Waals surface area contributed by atoms with E-state index in [0.29, 0.717) is 17.8 Å². The molecule has 128 valence electrons. The lowest BCUT2D eigenvalue weighted by Gasteiger charge is -2.30. The van der Waals surface area contributed by atoms with E-state index in [-0.39, 0.29) is 5.91 Å². The molecule has 0 bridgehead atoms. The lowest BCUT2D eigenvalue weighted by atomic mass is 10.1. The molecule has 0 spiro atoms. The molecule has 6 heteroatoms. The van der Waals surface area contributed by atoms with Gasteiger partial charge in [-0.25, -0.2) is 8.42 Å². The van der Waals surface area contributed by atoms with Crippen LogP contribution in [0.3, 0.4) is 0 Å². The summed E-state index contributed by atoms with van der Waals surface area (Å²) in [5, 5.41) is 2.78. The molecule has 0 saturated carbocycles. The van der Waals surface area contributed by atoms with E-state index in [2.05, 4.69) is 5.32 Å². The van der Waals surface area contributed by atoms with Gasteiger partial charge in [0.05, 0.1) is 11.9 Å². The molecule has 0 fully saturated rings. The first-order valence-corrected chi connectivity index (χ1v) is 9.59. The number of nitrogens with zero attached hydrogens (tertiary/aromatic N) is 1. The van der Waals surface area contributed by atoms with Crippen LogP contribution in [0.1, 0.15) is 18.9 Å². The first-order chi connectivity index (χ1) is 11.3. The predicted molar refractivity (Wildman–Crippen MR) is 97.7 cm³/mol. The van der Waals surface area contributed by atoms with E-state index in [1.165, 1.54) is 4.31 Å². The number of carbonyl (C=O) groups is 1. The van der Waals surface area contributed by atoms with Crippen LogP contribution in [0.5, 0.6) is 0 Å². The summed E-state index contributed by atoms with van der Waals surface area (Å²) in [5.74, 6) is -0.352. The van der Waals surface area contributed by atoms with Crippen molar-refractivity contribution in [2.75, 3.05) is 15.9 Å². The number of nitrogens with one attached hydrogen (secondary N) is 1. The van der Waals surface area contributed by atoms with Gasteiger partial charge in [-0.15, -0.1) is 0 Å². The smallest absolute Gasteiger partial charge is 0.248 e. The maximum absolute atomic E-state index is 12.7. The molecule has 0 radical (unpaired) electrons. The largest absolute Gasteiger partial charge is 0.324 e. The topological polar surface area (TPSA) is 66.5 Å². The van der Waals surface area contributed by atoms with E-state index in [9.17, 15) is 13.2 Å². The highest BCUT2D eigenvalue weighted by atomic mass is 32.2. The van der Waals surface area contributed by atoms with Crippen molar-refractivity contribution >= 4 is 27.3 Å². The third-order valence-electron chi connectivity index (χ3n) is 3.66. The summed E-state index contributed by atoms with van der Waals surface area (Å²) < 4.78 is 25.8. The number of hydrogen-bond donors (Lipinski definition) is 1. The Hall–Kier alpha value is -2.34. The number of anilines is 2. The lowest BCUT2D eigenvalue weighted by Crippen LogP contribution is -2.47. The molecule has 1 N–H and O–H groups in total. The first kappa shape index (κ1) is 18.0. The highest BCUT2D eigenvalue weighted by Gasteiger charge is 2.31. The van der Waals surface area contributed by atoms with Crippen LogP contribution in [0, 0.1) is 6.92 Å². The second kappa shape index (κ2) is 7.49. The van der Waals surface area contributed by atoms with Crippen molar-refractivity contribution < 1.29 is 13.2 Å². The van der Waals surface area contributed by atoms with Gasteiger partial charge in [-0.2, -0.15) is 0 Å². The fourth-order valence-electron chi connectivity index (χ4n) is 2.50. The van der Waals surface area contributed by atoms with E-state index in [1.54, 1.807) is 31.2 Å². The van der Waals surface area contributed by atoms with Crippen molar-refractivity contribution in [3.8, 4) is 0 Å². The van der Waals surface area contributed by atoms with Gasteiger partial charge in [0.15, 0.2) is 0 Å². The Morgan fingerprint density at radius 2 is 1.67 bits per heavy atom. The van der Waals surface area contributed by atoms with Crippen molar-refractivity contribution in [2.45, 2.75) is 26.3 Å². The zero-order chi connectivity index (χ0) is 17.7. The molecule has 0 aliphatic rings. The van der Waals surface area contributed by atoms with E-state index in [1.807, 2.05) is 37.3 Å². The molecule has 0 aliphatic carbocycles. The minimum Gasteiger partial charge on any atom is -0.324 e. The van der Waals surface area contributed by atoms with Gasteiger partial charge >= 0.3 is 0 Å². The lowest BCUT2D eigenvalue weighted by molar-refractivity contribution is -0.117. The fourth-order valence-corrected chi connectivity index (χ4v) is 3.71. The number of carbonyl (C=O) groups excluding carboxylic acids is 1. The number of amides is 1. The maximum Gasteiger partial charge on any atom is 0.248 e. The molecule has 0 aliphatic heterocycles. The average molecular weight is 346 g/mol. The van der Waals surface area contributed by atoms with Crippen LogP contribution in [-0.2, 0) is 14.8 Å². The second-order valence-corrected chi connectivity index (χ2v) is 7.53. The Kier molecular flexibility index (Phi) is 5.62. The van der Waals surface area contributed by atoms with Crippen molar-refractivity contribution in [1.82, 2.24) is 0 Å². The molecule has 1 amide bonds. The molecule has 0 saturated heterocycles. The quantitative estimate of drug-likeness (QED) is 0.873. The Morgan fingerprint density at radius 1 is 1.08 bits per heavy atom. The summed E-state index contributed by atoms with van der Waals surface area (Å²) in [6.07, 6.45) is 1.48. The molecule has 24 heavy (non-hydrogen) atoms. The van der Waals surface area contributed by atoms with Gasteiger partial charge in [0, 0.05) is 5.69 Å². The number of benzene rings is 2. The van der Waals surface area contributed by atoms with E-state index >= 15 is 0 Å². The van der Waals surface area contributed by atoms with E-state index in [0.717, 1.165) is 11.8 Å². The number of sulfonamides is 1. The van der Waals surface area contributed by atoms with E-state index < -0.39 is 16.1 Å². The summed E-state index contributed by atoms with van der Waals surface area (Å²) in [6.45, 7) is 3.72. The highest BCUT2D eigenvalue weighted by Crippen LogP contribution is 2.23. The molecule has 2 aromatic rings. The third-order valence-corrected chi connectivity index (χ3v) is 4.84. The van der Waals surface area contributed by atoms with Crippen molar-refractivity contribution in [3.05, 3.63) is 60.2 Å². The Morgan fingerprint density at radius 3 is 2.17 bits per heavy atom. The standard InChI is InChI=1S/C18H22N2O3S/c1-4-17(18(21)19-15-8-6-5-7-9-15)20(24(3,22)23)16-12-10-14(2)11-13-16/h5-13,17H,4H2,1-3H3,(H,19,21)/t17-/m1/s1. The molecule has 1 atom stereocenters. The molecular weight excluding hydrogens is 324 g/mol. The molecular formula is C18H22N2O3S. The van der Waals surface area contributed by atoms with Crippen molar-refractivity contribution in [2.24, 2.45) is 0 Å². The van der Waals surface area contributed by atoms with Crippen LogP contribution in [-0.4, -0.2) is 26.6 Å². The normalized spacial score (nSPS) is 12.5. The molecule has 5 nitrogen and oxygen atoms in total. The first-order valence-electron chi connectivity index (χ1n) is 7.75. The summed E-state index contributed by atoms with van der Waals surface area (Å²) in [6, 6.07) is 15.3. The molecule has 0 unspecified atom stereocenters. The van der Waals surface area contributed by atoms with Crippen LogP contribution in [0.25, 0.3) is 0 Å². The summed E-state index contributed by atoms with van der Waals surface area (Å²) in [7, 11) is -3.61. The average Bonchev–Trinajstić information content (AvgIpc) is 2.53. The monoisotopic (exact) mass is 346 g/mol. The Balaban J connectivity index is 2.35. The molecule has 2 aromatic carbocycles. The minimum absolute atomic E-state index is 0.352. The van der Waals surface area contributed by atoms with Gasteiger partial charge in [-0.1, -0.05) is 42.8 Å². The SMILES string of the molecule is CC[C@H](C(=O)Nc1ccccc1)N(c1ccc(C)cc1)S(C)(=O)=O. The summed E-state index contributed by atoms with van der Waals surface area (Å²) in [5.41, 5.74) is 2.14. The zero-order valence-electron chi connectivity index (χ0n) is 14.1. The Labute approximate surface area is 143 Å². The predicted octanol–water partition coefficient (Wildman–Crippen LogP) is 3.18. The molecule has 0 heterocycles. The van der Waals surface area contributed by atoms with Crippen LogP contribution in [0.4, 0.5) is 11.4 Å². The summed E-state index contributed by atoms with van der Waals surface area (Å²) >= 11 is 0. The van der Waals surface area contributed by atoms with Crippen molar-refractivity contribution in [1.29, 1.82) is 0 Å². The van der Waals surface area contributed by atoms with Gasteiger partial charge < -0.3 is 5.32 Å². The third kappa shape index (κ3) is 4.35. The number of aryl methyl sites for hydroxylation is 1. The maximum atomic E-state index is 12.7.